The summed E-state index contributed by atoms with van der Waals surface area (Å²) in [6.07, 6.45) is 6.33. The van der Waals surface area contributed by atoms with Crippen LogP contribution in [-0.2, 0) is 6.42 Å². The van der Waals surface area contributed by atoms with Crippen molar-refractivity contribution in [2.24, 2.45) is 5.92 Å². The molecule has 1 aromatic carbocycles. The first-order chi connectivity index (χ1) is 8.76. The van der Waals surface area contributed by atoms with Crippen LogP contribution in [0, 0.1) is 5.92 Å². The number of benzene rings is 1. The van der Waals surface area contributed by atoms with Crippen LogP contribution in [-0.4, -0.2) is 7.05 Å². The molecule has 18 heavy (non-hydrogen) atoms. The number of nitrogens with one attached hydrogen (secondary N) is 1. The van der Waals surface area contributed by atoms with E-state index in [1.165, 1.54) is 36.8 Å². The van der Waals surface area contributed by atoms with Crippen LogP contribution in [0.3, 0.4) is 0 Å². The number of rotatable bonds is 8. The van der Waals surface area contributed by atoms with Gasteiger partial charge in [0.2, 0.25) is 0 Å². The first-order valence-corrected chi connectivity index (χ1v) is 7.52. The fourth-order valence-corrected chi connectivity index (χ4v) is 2.71. The van der Waals surface area contributed by atoms with Gasteiger partial charge in [-0.15, -0.1) is 0 Å². The van der Waals surface area contributed by atoms with Crippen molar-refractivity contribution in [1.82, 2.24) is 5.32 Å². The molecule has 0 heterocycles. The molecule has 2 atom stereocenters. The molecule has 1 heteroatoms. The zero-order chi connectivity index (χ0) is 13.4. The van der Waals surface area contributed by atoms with Crippen LogP contribution in [0.25, 0.3) is 0 Å². The zero-order valence-corrected chi connectivity index (χ0v) is 12.5. The van der Waals surface area contributed by atoms with Crippen molar-refractivity contribution in [3.63, 3.8) is 0 Å². The minimum absolute atomic E-state index is 0.507. The Labute approximate surface area is 113 Å². The van der Waals surface area contributed by atoms with E-state index in [4.69, 9.17) is 0 Å². The summed E-state index contributed by atoms with van der Waals surface area (Å²) in [5.74, 6) is 0.752. The minimum Gasteiger partial charge on any atom is -0.313 e. The second kappa shape index (κ2) is 8.31. The van der Waals surface area contributed by atoms with E-state index in [1.807, 2.05) is 0 Å². The fourth-order valence-electron chi connectivity index (χ4n) is 2.71. The third kappa shape index (κ3) is 4.13. The standard InChI is InChI=1S/C17H29N/c1-5-8-9-15(7-3)17(18-4)16-12-10-14(6-2)11-13-16/h10-13,15,17-18H,5-9H2,1-4H3. The lowest BCUT2D eigenvalue weighted by atomic mass is 9.86. The summed E-state index contributed by atoms with van der Waals surface area (Å²) in [5.41, 5.74) is 2.87. The molecule has 102 valence electrons. The van der Waals surface area contributed by atoms with Crippen molar-refractivity contribution in [2.75, 3.05) is 7.05 Å². The molecule has 0 bridgehead atoms. The maximum absolute atomic E-state index is 3.52. The molecule has 0 aliphatic rings. The van der Waals surface area contributed by atoms with Gasteiger partial charge >= 0.3 is 0 Å². The predicted octanol–water partition coefficient (Wildman–Crippen LogP) is 4.73. The smallest absolute Gasteiger partial charge is 0.0346 e. The van der Waals surface area contributed by atoms with Crippen LogP contribution in [0.1, 0.15) is 63.6 Å². The van der Waals surface area contributed by atoms with E-state index in [1.54, 1.807) is 0 Å². The number of hydrogen-bond acceptors (Lipinski definition) is 1. The summed E-state index contributed by atoms with van der Waals surface area (Å²) in [6, 6.07) is 9.65. The topological polar surface area (TPSA) is 12.0 Å². The molecule has 0 aromatic heterocycles. The van der Waals surface area contributed by atoms with Gasteiger partial charge < -0.3 is 5.32 Å². The molecule has 0 saturated carbocycles. The van der Waals surface area contributed by atoms with E-state index in [0.29, 0.717) is 6.04 Å². The van der Waals surface area contributed by atoms with Crippen LogP contribution < -0.4 is 5.32 Å². The van der Waals surface area contributed by atoms with Gasteiger partial charge in [0.15, 0.2) is 0 Å². The molecule has 0 amide bonds. The first kappa shape index (κ1) is 15.2. The van der Waals surface area contributed by atoms with E-state index < -0.39 is 0 Å². The van der Waals surface area contributed by atoms with E-state index >= 15 is 0 Å². The van der Waals surface area contributed by atoms with Crippen molar-refractivity contribution in [2.45, 2.75) is 58.9 Å². The third-order valence-electron chi connectivity index (χ3n) is 3.98. The molecular weight excluding hydrogens is 218 g/mol. The van der Waals surface area contributed by atoms with Crippen molar-refractivity contribution in [1.29, 1.82) is 0 Å². The summed E-state index contributed by atoms with van der Waals surface area (Å²) < 4.78 is 0. The van der Waals surface area contributed by atoms with Gasteiger partial charge in [-0.1, -0.05) is 64.3 Å². The average Bonchev–Trinajstić information content (AvgIpc) is 2.43. The van der Waals surface area contributed by atoms with Crippen LogP contribution >= 0.6 is 0 Å². The van der Waals surface area contributed by atoms with Gasteiger partial charge in [0.1, 0.15) is 0 Å². The summed E-state index contributed by atoms with van der Waals surface area (Å²) in [5, 5.41) is 3.52. The highest BCUT2D eigenvalue weighted by molar-refractivity contribution is 5.25. The Bertz CT molecular complexity index is 315. The Balaban J connectivity index is 2.78. The van der Waals surface area contributed by atoms with E-state index in [9.17, 15) is 0 Å². The molecular formula is C17H29N. The molecule has 0 fully saturated rings. The van der Waals surface area contributed by atoms with Crippen LogP contribution in [0.4, 0.5) is 0 Å². The number of aryl methyl sites for hydroxylation is 1. The number of unbranched alkanes of at least 4 members (excludes halogenated alkanes) is 1. The normalized spacial score (nSPS) is 14.4. The molecule has 0 saturated heterocycles. The van der Waals surface area contributed by atoms with Crippen molar-refractivity contribution in [3.8, 4) is 0 Å². The molecule has 0 aliphatic carbocycles. The Morgan fingerprint density at radius 3 is 2.17 bits per heavy atom. The Morgan fingerprint density at radius 1 is 1.06 bits per heavy atom. The zero-order valence-electron chi connectivity index (χ0n) is 12.5. The van der Waals surface area contributed by atoms with Gasteiger partial charge in [0, 0.05) is 6.04 Å². The second-order valence-electron chi connectivity index (χ2n) is 5.17. The monoisotopic (exact) mass is 247 g/mol. The SMILES string of the molecule is CCCCC(CC)C(NC)c1ccc(CC)cc1. The molecule has 0 aliphatic heterocycles. The highest BCUT2D eigenvalue weighted by atomic mass is 14.9. The van der Waals surface area contributed by atoms with E-state index in [0.717, 1.165) is 12.3 Å². The Morgan fingerprint density at radius 2 is 1.72 bits per heavy atom. The van der Waals surface area contributed by atoms with Crippen LogP contribution in [0.2, 0.25) is 0 Å². The van der Waals surface area contributed by atoms with Gasteiger partial charge in [0.05, 0.1) is 0 Å². The first-order valence-electron chi connectivity index (χ1n) is 7.52. The quantitative estimate of drug-likeness (QED) is 0.700. The average molecular weight is 247 g/mol. The number of hydrogen-bond donors (Lipinski definition) is 1. The predicted molar refractivity (Wildman–Crippen MR) is 80.9 cm³/mol. The lowest BCUT2D eigenvalue weighted by Crippen LogP contribution is -2.25. The lowest BCUT2D eigenvalue weighted by Gasteiger charge is -2.26. The van der Waals surface area contributed by atoms with Crippen LogP contribution in [0.5, 0.6) is 0 Å². The van der Waals surface area contributed by atoms with Gasteiger partial charge in [-0.2, -0.15) is 0 Å². The van der Waals surface area contributed by atoms with Gasteiger partial charge in [-0.3, -0.25) is 0 Å². The van der Waals surface area contributed by atoms with E-state index in [-0.39, 0.29) is 0 Å². The molecule has 2 unspecified atom stereocenters. The summed E-state index contributed by atoms with van der Waals surface area (Å²) in [7, 11) is 2.09. The maximum atomic E-state index is 3.52. The Hall–Kier alpha value is -0.820. The highest BCUT2D eigenvalue weighted by Crippen LogP contribution is 2.28. The second-order valence-corrected chi connectivity index (χ2v) is 5.17. The van der Waals surface area contributed by atoms with Crippen LogP contribution in [0.15, 0.2) is 24.3 Å². The molecule has 1 N–H and O–H groups in total. The van der Waals surface area contributed by atoms with Gasteiger partial charge in [-0.25, -0.2) is 0 Å². The summed E-state index contributed by atoms with van der Waals surface area (Å²) >= 11 is 0. The van der Waals surface area contributed by atoms with Crippen molar-refractivity contribution in [3.05, 3.63) is 35.4 Å². The molecule has 1 rings (SSSR count). The highest BCUT2D eigenvalue weighted by Gasteiger charge is 2.19. The van der Waals surface area contributed by atoms with Crippen molar-refractivity contribution >= 4 is 0 Å². The van der Waals surface area contributed by atoms with Crippen molar-refractivity contribution < 1.29 is 0 Å². The minimum atomic E-state index is 0.507. The molecule has 0 radical (unpaired) electrons. The Kier molecular flexibility index (Phi) is 7.04. The largest absolute Gasteiger partial charge is 0.313 e. The molecule has 1 aromatic rings. The van der Waals surface area contributed by atoms with Gasteiger partial charge in [-0.05, 0) is 36.9 Å². The lowest BCUT2D eigenvalue weighted by molar-refractivity contribution is 0.339. The van der Waals surface area contributed by atoms with E-state index in [2.05, 4.69) is 57.4 Å². The summed E-state index contributed by atoms with van der Waals surface area (Å²) in [4.78, 5) is 0. The molecule has 0 spiro atoms. The maximum Gasteiger partial charge on any atom is 0.0346 e. The third-order valence-corrected chi connectivity index (χ3v) is 3.98. The molecule has 1 nitrogen and oxygen atoms in total. The fraction of sp³-hybridized carbons (Fsp3) is 0.647. The van der Waals surface area contributed by atoms with Gasteiger partial charge in [0.25, 0.3) is 0 Å². The summed E-state index contributed by atoms with van der Waals surface area (Å²) in [6.45, 7) is 6.79.